The molecule has 1 radical (unpaired) electrons. The molecule has 0 atom stereocenters. The Morgan fingerprint density at radius 2 is 1.88 bits per heavy atom. The van der Waals surface area contributed by atoms with Gasteiger partial charge in [-0.25, -0.2) is 0 Å². The summed E-state index contributed by atoms with van der Waals surface area (Å²) in [7, 11) is 0. The molecule has 0 saturated heterocycles. The molecule has 0 fully saturated rings. The molecule has 0 spiro atoms. The van der Waals surface area contributed by atoms with E-state index in [0.717, 1.165) is 5.56 Å². The molecule has 2 aromatic carbocycles. The van der Waals surface area contributed by atoms with E-state index in [0.29, 0.717) is 0 Å². The van der Waals surface area contributed by atoms with Crippen molar-refractivity contribution in [2.45, 2.75) is 19.3 Å². The summed E-state index contributed by atoms with van der Waals surface area (Å²) in [5.41, 5.74) is 5.76. The number of nitrogens with zero attached hydrogens (tertiary/aromatic N) is 1. The van der Waals surface area contributed by atoms with Gasteiger partial charge in [0.25, 0.3) is 0 Å². The third kappa shape index (κ3) is 1.24. The number of hydrogen-bond donors (Lipinski definition) is 0. The minimum absolute atomic E-state index is 0.0325. The monoisotopic (exact) mass is 218 g/mol. The molecule has 0 saturated carbocycles. The number of nitriles is 1. The molecular weight excluding hydrogens is 206 g/mol. The Bertz CT molecular complexity index is 645. The smallest absolute Gasteiger partial charge is 0.0991 e. The van der Waals surface area contributed by atoms with Crippen molar-refractivity contribution in [2.75, 3.05) is 0 Å². The lowest BCUT2D eigenvalue weighted by Gasteiger charge is -2.21. The second kappa shape index (κ2) is 3.21. The van der Waals surface area contributed by atoms with Gasteiger partial charge in [0.2, 0.25) is 0 Å². The van der Waals surface area contributed by atoms with Crippen LogP contribution in [-0.2, 0) is 5.41 Å². The van der Waals surface area contributed by atoms with E-state index in [4.69, 9.17) is 5.26 Å². The van der Waals surface area contributed by atoms with Crippen molar-refractivity contribution in [1.29, 1.82) is 5.26 Å². The van der Waals surface area contributed by atoms with E-state index in [1.807, 2.05) is 18.2 Å². The van der Waals surface area contributed by atoms with Crippen molar-refractivity contribution in [3.63, 3.8) is 0 Å². The summed E-state index contributed by atoms with van der Waals surface area (Å²) in [6.45, 7) is 4.40. The third-order valence-corrected chi connectivity index (χ3v) is 3.65. The summed E-state index contributed by atoms with van der Waals surface area (Å²) in [5.74, 6) is 0. The first-order valence-corrected chi connectivity index (χ1v) is 5.70. The molecule has 1 aliphatic carbocycles. The van der Waals surface area contributed by atoms with E-state index in [1.54, 1.807) is 0 Å². The highest BCUT2D eigenvalue weighted by molar-refractivity contribution is 5.81. The van der Waals surface area contributed by atoms with Gasteiger partial charge >= 0.3 is 0 Å². The lowest BCUT2D eigenvalue weighted by Crippen LogP contribution is -2.14. The van der Waals surface area contributed by atoms with E-state index < -0.39 is 0 Å². The Morgan fingerprint density at radius 1 is 1.12 bits per heavy atom. The van der Waals surface area contributed by atoms with Crippen LogP contribution in [0.1, 0.15) is 30.5 Å². The molecule has 17 heavy (non-hydrogen) atoms. The fraction of sp³-hybridized carbons (Fsp3) is 0.188. The molecule has 81 valence electrons. The van der Waals surface area contributed by atoms with Crippen LogP contribution in [0.15, 0.2) is 36.4 Å². The summed E-state index contributed by atoms with van der Waals surface area (Å²) in [4.78, 5) is 0. The van der Waals surface area contributed by atoms with Crippen molar-refractivity contribution in [1.82, 2.24) is 0 Å². The molecule has 0 aromatic heterocycles. The van der Waals surface area contributed by atoms with E-state index >= 15 is 0 Å². The molecule has 0 N–H and O–H groups in total. The van der Waals surface area contributed by atoms with Crippen molar-refractivity contribution >= 4 is 0 Å². The molecule has 0 amide bonds. The second-order valence-corrected chi connectivity index (χ2v) is 4.97. The number of benzene rings is 2. The van der Waals surface area contributed by atoms with Gasteiger partial charge in [-0.3, -0.25) is 0 Å². The number of rotatable bonds is 0. The van der Waals surface area contributed by atoms with E-state index in [9.17, 15) is 0 Å². The lowest BCUT2D eigenvalue weighted by molar-refractivity contribution is 0.660. The maximum Gasteiger partial charge on any atom is 0.0991 e. The molecular formula is C16H12N. The molecule has 3 rings (SSSR count). The normalized spacial score (nSPS) is 14.9. The molecule has 0 bridgehead atoms. The van der Waals surface area contributed by atoms with Crippen LogP contribution in [0.3, 0.4) is 0 Å². The third-order valence-electron chi connectivity index (χ3n) is 3.65. The minimum atomic E-state index is -0.0325. The largest absolute Gasteiger partial charge is 0.192 e. The summed E-state index contributed by atoms with van der Waals surface area (Å²) >= 11 is 0. The van der Waals surface area contributed by atoms with Crippen LogP contribution in [0.2, 0.25) is 0 Å². The number of hydrogen-bond acceptors (Lipinski definition) is 1. The van der Waals surface area contributed by atoms with E-state index in [-0.39, 0.29) is 5.41 Å². The van der Waals surface area contributed by atoms with Crippen molar-refractivity contribution in [2.24, 2.45) is 0 Å². The predicted octanol–water partition coefficient (Wildman–Crippen LogP) is 3.66. The van der Waals surface area contributed by atoms with Crippen molar-refractivity contribution in [3.05, 3.63) is 59.2 Å². The first-order chi connectivity index (χ1) is 8.14. The Labute approximate surface area is 101 Å². The molecule has 1 aliphatic rings. The molecule has 0 unspecified atom stereocenters. The van der Waals surface area contributed by atoms with Crippen LogP contribution in [0.4, 0.5) is 0 Å². The van der Waals surface area contributed by atoms with Crippen LogP contribution < -0.4 is 0 Å². The van der Waals surface area contributed by atoms with Gasteiger partial charge in [-0.05, 0) is 46.5 Å². The van der Waals surface area contributed by atoms with Gasteiger partial charge in [0.05, 0.1) is 11.6 Å². The zero-order chi connectivity index (χ0) is 12.0. The minimum Gasteiger partial charge on any atom is -0.192 e. The lowest BCUT2D eigenvalue weighted by atomic mass is 9.82. The van der Waals surface area contributed by atoms with E-state index in [1.165, 1.54) is 22.3 Å². The fourth-order valence-corrected chi connectivity index (χ4v) is 2.69. The van der Waals surface area contributed by atoms with Crippen LogP contribution >= 0.6 is 0 Å². The maximum atomic E-state index is 9.00. The standard InChI is InChI=1S/C16H12N/c1-16(2)14-6-4-3-5-12(14)13-8-7-11(10-17)9-15(13)16/h3,5-9H,1-2H3. The predicted molar refractivity (Wildman–Crippen MR) is 67.6 cm³/mol. The molecule has 1 nitrogen and oxygen atoms in total. The Balaban J connectivity index is 2.36. The van der Waals surface area contributed by atoms with Crippen LogP contribution in [0.5, 0.6) is 0 Å². The van der Waals surface area contributed by atoms with Crippen LogP contribution in [-0.4, -0.2) is 0 Å². The Morgan fingerprint density at radius 3 is 2.65 bits per heavy atom. The topological polar surface area (TPSA) is 23.8 Å². The average molecular weight is 218 g/mol. The summed E-state index contributed by atoms with van der Waals surface area (Å²) in [6, 6.07) is 17.4. The first kappa shape index (κ1) is 10.1. The zero-order valence-corrected chi connectivity index (χ0v) is 9.91. The Kier molecular flexibility index (Phi) is 1.91. The SMILES string of the molecule is CC1(C)c2c[c]ccc2-c2ccc(C#N)cc21. The quantitative estimate of drug-likeness (QED) is 0.662. The molecule has 0 aliphatic heterocycles. The van der Waals surface area contributed by atoms with Gasteiger partial charge in [-0.2, -0.15) is 5.26 Å². The highest BCUT2D eigenvalue weighted by Crippen LogP contribution is 2.48. The fourth-order valence-electron chi connectivity index (χ4n) is 2.69. The average Bonchev–Trinajstić information content (AvgIpc) is 2.59. The van der Waals surface area contributed by atoms with Gasteiger partial charge in [0.1, 0.15) is 0 Å². The first-order valence-electron chi connectivity index (χ1n) is 5.70. The zero-order valence-electron chi connectivity index (χ0n) is 9.91. The summed E-state index contributed by atoms with van der Waals surface area (Å²) in [6.07, 6.45) is 0. The second-order valence-electron chi connectivity index (χ2n) is 4.97. The molecule has 2 aromatic rings. The van der Waals surface area contributed by atoms with Gasteiger partial charge in [0, 0.05) is 5.41 Å². The van der Waals surface area contributed by atoms with Crippen molar-refractivity contribution < 1.29 is 0 Å². The number of fused-ring (bicyclic) bond motifs is 3. The van der Waals surface area contributed by atoms with Gasteiger partial charge in [-0.1, -0.05) is 32.0 Å². The van der Waals surface area contributed by atoms with Crippen LogP contribution in [0.25, 0.3) is 11.1 Å². The van der Waals surface area contributed by atoms with Crippen molar-refractivity contribution in [3.8, 4) is 17.2 Å². The summed E-state index contributed by atoms with van der Waals surface area (Å²) < 4.78 is 0. The van der Waals surface area contributed by atoms with Gasteiger partial charge in [-0.15, -0.1) is 0 Å². The van der Waals surface area contributed by atoms with E-state index in [2.05, 4.69) is 44.2 Å². The van der Waals surface area contributed by atoms with Crippen LogP contribution in [0, 0.1) is 17.4 Å². The maximum absolute atomic E-state index is 9.00. The Hall–Kier alpha value is -2.07. The summed E-state index contributed by atoms with van der Waals surface area (Å²) in [5, 5.41) is 9.00. The van der Waals surface area contributed by atoms with Gasteiger partial charge < -0.3 is 0 Å². The highest BCUT2D eigenvalue weighted by Gasteiger charge is 2.34. The highest BCUT2D eigenvalue weighted by atomic mass is 14.4. The van der Waals surface area contributed by atoms with Gasteiger partial charge in [0.15, 0.2) is 0 Å². The molecule has 1 heteroatoms. The molecule has 0 heterocycles.